The van der Waals surface area contributed by atoms with Crippen molar-refractivity contribution in [3.63, 3.8) is 0 Å². The molecule has 0 saturated carbocycles. The molecule has 9 heteroatoms. The molecule has 27 heavy (non-hydrogen) atoms. The van der Waals surface area contributed by atoms with Crippen LogP contribution in [0.5, 0.6) is 0 Å². The van der Waals surface area contributed by atoms with Gasteiger partial charge in [-0.05, 0) is 29.8 Å². The molecule has 1 fully saturated rings. The fourth-order valence-electron chi connectivity index (χ4n) is 3.87. The van der Waals surface area contributed by atoms with E-state index in [1.54, 1.807) is 29.2 Å². The SMILES string of the molecule is CN(C)S(=O)(=O)N1C[C@@H]2[C@H](C1)n1cccc1C(=O)N2Cc1ccc(F)cc1. The number of hydrogen-bond donors (Lipinski definition) is 0. The van der Waals surface area contributed by atoms with Gasteiger partial charge in [-0.2, -0.15) is 17.0 Å². The number of rotatable bonds is 4. The quantitative estimate of drug-likeness (QED) is 0.788. The average Bonchev–Trinajstić information content (AvgIpc) is 3.27. The molecule has 1 amide bonds. The second kappa shape index (κ2) is 6.43. The zero-order valence-electron chi connectivity index (χ0n) is 15.1. The highest BCUT2D eigenvalue weighted by molar-refractivity contribution is 7.86. The Morgan fingerprint density at radius 2 is 1.78 bits per heavy atom. The molecule has 0 unspecified atom stereocenters. The number of carbonyl (C=O) groups is 1. The summed E-state index contributed by atoms with van der Waals surface area (Å²) in [4.78, 5) is 14.7. The largest absolute Gasteiger partial charge is 0.337 e. The number of aromatic nitrogens is 1. The van der Waals surface area contributed by atoms with Gasteiger partial charge in [-0.25, -0.2) is 4.39 Å². The van der Waals surface area contributed by atoms with Crippen LogP contribution >= 0.6 is 0 Å². The standard InChI is InChI=1S/C18H21FN4O3S/c1-20(2)27(25,26)21-11-16-17(12-21)23(10-13-5-7-14(19)8-6-13)18(24)15-4-3-9-22(15)16/h3-9,16-17H,10-12H2,1-2H3/t16-,17+/m0/s1. The van der Waals surface area contributed by atoms with Gasteiger partial charge in [0.2, 0.25) is 0 Å². The molecule has 144 valence electrons. The minimum atomic E-state index is -3.57. The van der Waals surface area contributed by atoms with E-state index in [9.17, 15) is 17.6 Å². The molecule has 2 aromatic rings. The first kappa shape index (κ1) is 18.1. The van der Waals surface area contributed by atoms with Crippen LogP contribution in [0.2, 0.25) is 0 Å². The molecule has 1 saturated heterocycles. The van der Waals surface area contributed by atoms with Crippen molar-refractivity contribution in [1.29, 1.82) is 0 Å². The second-order valence-corrected chi connectivity index (χ2v) is 9.24. The van der Waals surface area contributed by atoms with Crippen LogP contribution in [0, 0.1) is 5.82 Å². The van der Waals surface area contributed by atoms with Gasteiger partial charge in [0.05, 0.1) is 12.1 Å². The van der Waals surface area contributed by atoms with E-state index in [1.807, 2.05) is 10.8 Å². The predicted octanol–water partition coefficient (Wildman–Crippen LogP) is 1.31. The van der Waals surface area contributed by atoms with Crippen LogP contribution in [-0.4, -0.2) is 65.6 Å². The fourth-order valence-corrected chi connectivity index (χ4v) is 5.02. The molecule has 0 bridgehead atoms. The lowest BCUT2D eigenvalue weighted by molar-refractivity contribution is 0.0559. The highest BCUT2D eigenvalue weighted by atomic mass is 32.2. The smallest absolute Gasteiger partial charge is 0.281 e. The van der Waals surface area contributed by atoms with E-state index in [1.165, 1.54) is 34.8 Å². The minimum absolute atomic E-state index is 0.144. The molecule has 0 N–H and O–H groups in total. The fraction of sp³-hybridized carbons (Fsp3) is 0.389. The average molecular weight is 392 g/mol. The van der Waals surface area contributed by atoms with E-state index in [2.05, 4.69) is 0 Å². The number of carbonyl (C=O) groups excluding carboxylic acids is 1. The van der Waals surface area contributed by atoms with E-state index in [0.717, 1.165) is 5.56 Å². The number of amides is 1. The number of hydrogen-bond acceptors (Lipinski definition) is 3. The van der Waals surface area contributed by atoms with Crippen LogP contribution in [0.25, 0.3) is 0 Å². The zero-order chi connectivity index (χ0) is 19.3. The molecular weight excluding hydrogens is 371 g/mol. The molecule has 4 rings (SSSR count). The first-order chi connectivity index (χ1) is 12.8. The summed E-state index contributed by atoms with van der Waals surface area (Å²) in [5, 5.41) is 0. The molecule has 2 atom stereocenters. The van der Waals surface area contributed by atoms with Crippen molar-refractivity contribution in [2.24, 2.45) is 0 Å². The number of halogens is 1. The Hall–Kier alpha value is -2.23. The summed E-state index contributed by atoms with van der Waals surface area (Å²) in [6.45, 7) is 0.844. The van der Waals surface area contributed by atoms with Crippen LogP contribution in [-0.2, 0) is 16.8 Å². The summed E-state index contributed by atoms with van der Waals surface area (Å²) in [6.07, 6.45) is 1.83. The lowest BCUT2D eigenvalue weighted by Gasteiger charge is -2.38. The third kappa shape index (κ3) is 2.95. The summed E-state index contributed by atoms with van der Waals surface area (Å²) in [7, 11) is -0.574. The van der Waals surface area contributed by atoms with Crippen molar-refractivity contribution in [2.45, 2.75) is 18.6 Å². The van der Waals surface area contributed by atoms with E-state index < -0.39 is 10.2 Å². The lowest BCUT2D eigenvalue weighted by atomic mass is 10.0. The second-order valence-electron chi connectivity index (χ2n) is 7.10. The molecule has 3 heterocycles. The molecule has 1 aromatic heterocycles. The summed E-state index contributed by atoms with van der Waals surface area (Å²) in [5.74, 6) is -0.478. The van der Waals surface area contributed by atoms with Gasteiger partial charge in [-0.3, -0.25) is 4.79 Å². The van der Waals surface area contributed by atoms with Crippen molar-refractivity contribution >= 4 is 16.1 Å². The highest BCUT2D eigenvalue weighted by Crippen LogP contribution is 2.36. The Balaban J connectivity index is 1.70. The van der Waals surface area contributed by atoms with Gasteiger partial charge < -0.3 is 9.47 Å². The van der Waals surface area contributed by atoms with Gasteiger partial charge in [0.25, 0.3) is 16.1 Å². The maximum absolute atomic E-state index is 13.2. The van der Waals surface area contributed by atoms with Gasteiger partial charge in [-0.15, -0.1) is 0 Å². The Morgan fingerprint density at radius 3 is 2.44 bits per heavy atom. The summed E-state index contributed by atoms with van der Waals surface area (Å²) >= 11 is 0. The molecule has 7 nitrogen and oxygen atoms in total. The predicted molar refractivity (Wildman–Crippen MR) is 97.7 cm³/mol. The van der Waals surface area contributed by atoms with Crippen LogP contribution in [0.15, 0.2) is 42.6 Å². The first-order valence-corrected chi connectivity index (χ1v) is 10.1. The van der Waals surface area contributed by atoms with E-state index >= 15 is 0 Å². The molecule has 0 aliphatic carbocycles. The highest BCUT2D eigenvalue weighted by Gasteiger charge is 2.48. The van der Waals surface area contributed by atoms with Crippen LogP contribution < -0.4 is 0 Å². The topological polar surface area (TPSA) is 65.9 Å². The Kier molecular flexibility index (Phi) is 4.32. The maximum Gasteiger partial charge on any atom is 0.281 e. The molecule has 2 aliphatic rings. The van der Waals surface area contributed by atoms with Crippen molar-refractivity contribution in [2.75, 3.05) is 27.2 Å². The van der Waals surface area contributed by atoms with Gasteiger partial charge in [0, 0.05) is 39.9 Å². The lowest BCUT2D eigenvalue weighted by Crippen LogP contribution is -2.50. The molecule has 1 aromatic carbocycles. The summed E-state index contributed by atoms with van der Waals surface area (Å²) in [5.41, 5.74) is 1.35. The minimum Gasteiger partial charge on any atom is -0.337 e. The van der Waals surface area contributed by atoms with Crippen molar-refractivity contribution in [1.82, 2.24) is 18.1 Å². The van der Waals surface area contributed by atoms with Crippen molar-refractivity contribution in [3.8, 4) is 0 Å². The zero-order valence-corrected chi connectivity index (χ0v) is 15.9. The van der Waals surface area contributed by atoms with Crippen molar-refractivity contribution < 1.29 is 17.6 Å². The maximum atomic E-state index is 13.2. The van der Waals surface area contributed by atoms with E-state index in [4.69, 9.17) is 0 Å². The van der Waals surface area contributed by atoms with Crippen LogP contribution in [0.4, 0.5) is 4.39 Å². The number of benzene rings is 1. The van der Waals surface area contributed by atoms with Gasteiger partial charge in [0.15, 0.2) is 0 Å². The van der Waals surface area contributed by atoms with E-state index in [0.29, 0.717) is 18.8 Å². The Labute approximate surface area is 157 Å². The third-order valence-electron chi connectivity index (χ3n) is 5.30. The Bertz CT molecular complexity index is 971. The normalized spacial score (nSPS) is 23.0. The summed E-state index contributed by atoms with van der Waals surface area (Å²) < 4.78 is 42.9. The monoisotopic (exact) mass is 392 g/mol. The van der Waals surface area contributed by atoms with Crippen molar-refractivity contribution in [3.05, 3.63) is 59.7 Å². The van der Waals surface area contributed by atoms with Crippen LogP contribution in [0.1, 0.15) is 22.1 Å². The van der Waals surface area contributed by atoms with Crippen LogP contribution in [0.3, 0.4) is 0 Å². The Morgan fingerprint density at radius 1 is 1.11 bits per heavy atom. The first-order valence-electron chi connectivity index (χ1n) is 8.69. The molecule has 0 spiro atoms. The van der Waals surface area contributed by atoms with Gasteiger partial charge in [-0.1, -0.05) is 12.1 Å². The molecular formula is C18H21FN4O3S. The summed E-state index contributed by atoms with van der Waals surface area (Å²) in [6, 6.07) is 9.14. The van der Waals surface area contributed by atoms with Gasteiger partial charge in [0.1, 0.15) is 11.5 Å². The number of nitrogens with zero attached hydrogens (tertiary/aromatic N) is 4. The number of fused-ring (bicyclic) bond motifs is 3. The van der Waals surface area contributed by atoms with E-state index in [-0.39, 0.29) is 30.4 Å². The third-order valence-corrected chi connectivity index (χ3v) is 7.17. The molecule has 0 radical (unpaired) electrons. The van der Waals surface area contributed by atoms with Gasteiger partial charge >= 0.3 is 0 Å². The molecule has 2 aliphatic heterocycles.